The molecule has 0 radical (unpaired) electrons. The Balaban J connectivity index is 2.24. The van der Waals surface area contributed by atoms with Crippen LogP contribution in [0.5, 0.6) is 5.75 Å². The van der Waals surface area contributed by atoms with Crippen LogP contribution >= 0.6 is 0 Å². The Kier molecular flexibility index (Phi) is 3.42. The van der Waals surface area contributed by atoms with Crippen molar-refractivity contribution in [3.05, 3.63) is 53.9 Å². The largest absolute Gasteiger partial charge is 0.508 e. The number of pyridine rings is 1. The maximum Gasteiger partial charge on any atom is 0.356 e. The summed E-state index contributed by atoms with van der Waals surface area (Å²) in [6.45, 7) is 0. The SMILES string of the molecule is O=C(Nc1cccnc1C(=O)O)c1ccc(O)cc1. The van der Waals surface area contributed by atoms with Gasteiger partial charge < -0.3 is 15.5 Å². The van der Waals surface area contributed by atoms with E-state index < -0.39 is 11.9 Å². The molecule has 1 aromatic heterocycles. The molecule has 0 saturated carbocycles. The minimum absolute atomic E-state index is 0.0455. The third-order valence-corrected chi connectivity index (χ3v) is 2.39. The molecule has 2 aromatic rings. The van der Waals surface area contributed by atoms with E-state index in [0.717, 1.165) is 0 Å². The van der Waals surface area contributed by atoms with E-state index in [2.05, 4.69) is 10.3 Å². The van der Waals surface area contributed by atoms with Crippen molar-refractivity contribution in [2.75, 3.05) is 5.32 Å². The summed E-state index contributed by atoms with van der Waals surface area (Å²) < 4.78 is 0. The fourth-order valence-corrected chi connectivity index (χ4v) is 1.48. The van der Waals surface area contributed by atoms with Crippen LogP contribution in [0, 0.1) is 0 Å². The molecule has 0 atom stereocenters. The molecule has 0 fully saturated rings. The fourth-order valence-electron chi connectivity index (χ4n) is 1.48. The minimum Gasteiger partial charge on any atom is -0.508 e. The summed E-state index contributed by atoms with van der Waals surface area (Å²) in [5.41, 5.74) is 0.195. The highest BCUT2D eigenvalue weighted by molar-refractivity contribution is 6.07. The van der Waals surface area contributed by atoms with E-state index in [1.807, 2.05) is 0 Å². The summed E-state index contributed by atoms with van der Waals surface area (Å²) in [6.07, 6.45) is 1.33. The summed E-state index contributed by atoms with van der Waals surface area (Å²) in [5.74, 6) is -1.65. The molecule has 0 spiro atoms. The number of hydrogen-bond acceptors (Lipinski definition) is 4. The summed E-state index contributed by atoms with van der Waals surface area (Å²) in [6, 6.07) is 8.59. The lowest BCUT2D eigenvalue weighted by atomic mass is 10.2. The lowest BCUT2D eigenvalue weighted by Gasteiger charge is -2.07. The standard InChI is InChI=1S/C13H10N2O4/c16-9-5-3-8(4-6-9)12(17)15-10-2-1-7-14-11(10)13(18)19/h1-7,16H,(H,15,17)(H,18,19). The third-order valence-electron chi connectivity index (χ3n) is 2.39. The number of benzene rings is 1. The molecular formula is C13H10N2O4. The molecule has 1 amide bonds. The topological polar surface area (TPSA) is 99.5 Å². The number of aromatic carboxylic acids is 1. The van der Waals surface area contributed by atoms with E-state index in [4.69, 9.17) is 10.2 Å². The van der Waals surface area contributed by atoms with Gasteiger partial charge in [0.25, 0.3) is 5.91 Å². The second kappa shape index (κ2) is 5.18. The quantitative estimate of drug-likeness (QED) is 0.778. The second-order valence-electron chi connectivity index (χ2n) is 3.71. The summed E-state index contributed by atoms with van der Waals surface area (Å²) >= 11 is 0. The number of amides is 1. The molecule has 1 aromatic carbocycles. The average Bonchev–Trinajstić information content (AvgIpc) is 2.39. The maximum atomic E-state index is 11.9. The average molecular weight is 258 g/mol. The number of phenols is 1. The number of carboxylic acid groups (broad SMARTS) is 1. The van der Waals surface area contributed by atoms with Crippen molar-refractivity contribution < 1.29 is 19.8 Å². The van der Waals surface area contributed by atoms with E-state index in [1.54, 1.807) is 0 Å². The summed E-state index contributed by atoms with van der Waals surface area (Å²) in [7, 11) is 0. The molecule has 0 aliphatic carbocycles. The number of anilines is 1. The van der Waals surface area contributed by atoms with E-state index in [0.29, 0.717) is 5.56 Å². The highest BCUT2D eigenvalue weighted by atomic mass is 16.4. The first-order valence-electron chi connectivity index (χ1n) is 5.36. The van der Waals surface area contributed by atoms with Crippen molar-refractivity contribution in [1.82, 2.24) is 4.98 Å². The molecule has 96 valence electrons. The number of phenolic OH excluding ortho intramolecular Hbond substituents is 1. The number of nitrogens with one attached hydrogen (secondary N) is 1. The van der Waals surface area contributed by atoms with Crippen LogP contribution in [0.1, 0.15) is 20.8 Å². The van der Waals surface area contributed by atoms with Crippen LogP contribution in [0.4, 0.5) is 5.69 Å². The van der Waals surface area contributed by atoms with Crippen LogP contribution in [0.3, 0.4) is 0 Å². The molecule has 6 heteroatoms. The molecule has 0 aliphatic rings. The first-order chi connectivity index (χ1) is 9.08. The van der Waals surface area contributed by atoms with E-state index in [-0.39, 0.29) is 17.1 Å². The van der Waals surface area contributed by atoms with Gasteiger partial charge in [-0.3, -0.25) is 4.79 Å². The molecule has 3 N–H and O–H groups in total. The fraction of sp³-hybridized carbons (Fsp3) is 0. The van der Waals surface area contributed by atoms with Crippen LogP contribution in [-0.4, -0.2) is 27.1 Å². The van der Waals surface area contributed by atoms with Gasteiger partial charge in [0.05, 0.1) is 5.69 Å². The van der Waals surface area contributed by atoms with Crippen molar-refractivity contribution in [2.45, 2.75) is 0 Å². The van der Waals surface area contributed by atoms with Gasteiger partial charge in [-0.25, -0.2) is 9.78 Å². The Labute approximate surface area is 108 Å². The zero-order valence-corrected chi connectivity index (χ0v) is 9.70. The minimum atomic E-state index is -1.22. The van der Waals surface area contributed by atoms with Crippen molar-refractivity contribution in [3.8, 4) is 5.75 Å². The van der Waals surface area contributed by atoms with Gasteiger partial charge in [-0.2, -0.15) is 0 Å². The lowest BCUT2D eigenvalue weighted by Crippen LogP contribution is -2.15. The van der Waals surface area contributed by atoms with Crippen molar-refractivity contribution in [3.63, 3.8) is 0 Å². The van der Waals surface area contributed by atoms with Crippen LogP contribution < -0.4 is 5.32 Å². The van der Waals surface area contributed by atoms with Gasteiger partial charge in [0.2, 0.25) is 0 Å². The van der Waals surface area contributed by atoms with Gasteiger partial charge in [0.15, 0.2) is 5.69 Å². The molecule has 2 rings (SSSR count). The predicted molar refractivity (Wildman–Crippen MR) is 67.3 cm³/mol. The molecule has 0 aliphatic heterocycles. The highest BCUT2D eigenvalue weighted by Crippen LogP contribution is 2.15. The van der Waals surface area contributed by atoms with Crippen molar-refractivity contribution in [1.29, 1.82) is 0 Å². The maximum absolute atomic E-state index is 11.9. The molecule has 6 nitrogen and oxygen atoms in total. The Morgan fingerprint density at radius 3 is 2.42 bits per heavy atom. The molecule has 0 unspecified atom stereocenters. The summed E-state index contributed by atoms with van der Waals surface area (Å²) in [5, 5.41) is 20.5. The Bertz CT molecular complexity index is 623. The van der Waals surface area contributed by atoms with Crippen LogP contribution in [0.2, 0.25) is 0 Å². The number of carbonyl (C=O) groups excluding carboxylic acids is 1. The zero-order chi connectivity index (χ0) is 13.8. The number of nitrogens with zero attached hydrogens (tertiary/aromatic N) is 1. The number of rotatable bonds is 3. The van der Waals surface area contributed by atoms with E-state index in [1.165, 1.54) is 42.6 Å². The third kappa shape index (κ3) is 2.86. The van der Waals surface area contributed by atoms with Crippen molar-refractivity contribution >= 4 is 17.6 Å². The molecule has 1 heterocycles. The van der Waals surface area contributed by atoms with E-state index >= 15 is 0 Å². The Morgan fingerprint density at radius 2 is 1.79 bits per heavy atom. The summed E-state index contributed by atoms with van der Waals surface area (Å²) in [4.78, 5) is 26.5. The van der Waals surface area contributed by atoms with Gasteiger partial charge in [-0.1, -0.05) is 0 Å². The van der Waals surface area contributed by atoms with Crippen molar-refractivity contribution in [2.24, 2.45) is 0 Å². The first kappa shape index (κ1) is 12.6. The number of aromatic nitrogens is 1. The number of carbonyl (C=O) groups is 2. The Hall–Kier alpha value is -2.89. The van der Waals surface area contributed by atoms with Crippen LogP contribution in [0.25, 0.3) is 0 Å². The van der Waals surface area contributed by atoms with Crippen LogP contribution in [-0.2, 0) is 0 Å². The Morgan fingerprint density at radius 1 is 1.11 bits per heavy atom. The van der Waals surface area contributed by atoms with E-state index in [9.17, 15) is 9.59 Å². The first-order valence-corrected chi connectivity index (χ1v) is 5.36. The molecule has 19 heavy (non-hydrogen) atoms. The monoisotopic (exact) mass is 258 g/mol. The zero-order valence-electron chi connectivity index (χ0n) is 9.70. The van der Waals surface area contributed by atoms with Gasteiger partial charge in [0, 0.05) is 11.8 Å². The molecular weight excluding hydrogens is 248 g/mol. The lowest BCUT2D eigenvalue weighted by molar-refractivity contribution is 0.0691. The van der Waals surface area contributed by atoms with Gasteiger partial charge in [-0.05, 0) is 36.4 Å². The smallest absolute Gasteiger partial charge is 0.356 e. The number of hydrogen-bond donors (Lipinski definition) is 3. The van der Waals surface area contributed by atoms with Gasteiger partial charge >= 0.3 is 5.97 Å². The molecule has 0 bridgehead atoms. The van der Waals surface area contributed by atoms with Crippen LogP contribution in [0.15, 0.2) is 42.6 Å². The second-order valence-corrected chi connectivity index (χ2v) is 3.71. The predicted octanol–water partition coefficient (Wildman–Crippen LogP) is 1.74. The highest BCUT2D eigenvalue weighted by Gasteiger charge is 2.14. The normalized spacial score (nSPS) is 9.89. The number of carboxylic acids is 1. The van der Waals surface area contributed by atoms with Gasteiger partial charge in [0.1, 0.15) is 5.75 Å². The molecule has 0 saturated heterocycles. The van der Waals surface area contributed by atoms with Gasteiger partial charge in [-0.15, -0.1) is 0 Å². The number of aromatic hydroxyl groups is 1.